The average Bonchev–Trinajstić information content (AvgIpc) is 2.71. The van der Waals surface area contributed by atoms with Crippen LogP contribution in [0.2, 0.25) is 0 Å². The van der Waals surface area contributed by atoms with E-state index in [0.29, 0.717) is 6.42 Å². The van der Waals surface area contributed by atoms with Gasteiger partial charge in [-0.15, -0.1) is 12.4 Å². The molecule has 1 heterocycles. The molecule has 0 radical (unpaired) electrons. The predicted molar refractivity (Wildman–Crippen MR) is 127 cm³/mol. The maximum Gasteiger partial charge on any atom is 0.244 e. The van der Waals surface area contributed by atoms with E-state index < -0.39 is 5.54 Å². The molecule has 1 atom stereocenters. The van der Waals surface area contributed by atoms with Gasteiger partial charge in [0.1, 0.15) is 0 Å². The van der Waals surface area contributed by atoms with Gasteiger partial charge in [0.15, 0.2) is 0 Å². The molecule has 1 aliphatic heterocycles. The number of carbonyl (C=O) groups excluding carboxylic acids is 1. The molecule has 2 aromatic rings. The number of halogens is 1. The van der Waals surface area contributed by atoms with Crippen LogP contribution in [-0.2, 0) is 17.9 Å². The van der Waals surface area contributed by atoms with Crippen LogP contribution in [0.4, 0.5) is 5.69 Å². The Labute approximate surface area is 187 Å². The Morgan fingerprint density at radius 3 is 1.93 bits per heavy atom. The van der Waals surface area contributed by atoms with Crippen LogP contribution in [-0.4, -0.2) is 47.4 Å². The van der Waals surface area contributed by atoms with Crippen LogP contribution in [0, 0.1) is 0 Å². The summed E-state index contributed by atoms with van der Waals surface area (Å²) in [7, 11) is 0. The van der Waals surface area contributed by atoms with Crippen molar-refractivity contribution in [2.24, 2.45) is 5.73 Å². The van der Waals surface area contributed by atoms with E-state index in [4.69, 9.17) is 5.73 Å². The van der Waals surface area contributed by atoms with Gasteiger partial charge in [-0.3, -0.25) is 14.6 Å². The van der Waals surface area contributed by atoms with Gasteiger partial charge in [0.25, 0.3) is 0 Å². The Morgan fingerprint density at radius 1 is 0.933 bits per heavy atom. The van der Waals surface area contributed by atoms with Crippen LogP contribution in [0.5, 0.6) is 0 Å². The molecule has 2 aromatic carbocycles. The van der Waals surface area contributed by atoms with E-state index in [-0.39, 0.29) is 18.3 Å². The first-order chi connectivity index (χ1) is 14.0. The summed E-state index contributed by atoms with van der Waals surface area (Å²) in [6.07, 6.45) is 1.56. The molecule has 3 N–H and O–H groups in total. The summed E-state index contributed by atoms with van der Waals surface area (Å²) in [5.74, 6) is -0.123. The molecule has 0 saturated carbocycles. The number of benzene rings is 2. The van der Waals surface area contributed by atoms with Crippen molar-refractivity contribution >= 4 is 24.0 Å². The van der Waals surface area contributed by atoms with Crippen molar-refractivity contribution in [1.82, 2.24) is 9.80 Å². The number of nitrogens with zero attached hydrogens (tertiary/aromatic N) is 2. The lowest BCUT2D eigenvalue weighted by molar-refractivity contribution is -0.120. The zero-order valence-corrected chi connectivity index (χ0v) is 19.0. The molecule has 30 heavy (non-hydrogen) atoms. The van der Waals surface area contributed by atoms with E-state index in [1.54, 1.807) is 6.92 Å². The molecule has 1 fully saturated rings. The fourth-order valence-corrected chi connectivity index (χ4v) is 3.81. The molecule has 1 unspecified atom stereocenters. The van der Waals surface area contributed by atoms with E-state index in [1.807, 2.05) is 19.1 Å². The highest BCUT2D eigenvalue weighted by Crippen LogP contribution is 2.17. The van der Waals surface area contributed by atoms with Crippen LogP contribution in [0.25, 0.3) is 0 Å². The smallest absolute Gasteiger partial charge is 0.244 e. The fourth-order valence-electron chi connectivity index (χ4n) is 3.81. The van der Waals surface area contributed by atoms with E-state index in [1.165, 1.54) is 11.1 Å². The molecule has 0 bridgehead atoms. The average molecular weight is 431 g/mol. The molecule has 0 spiro atoms. The molecule has 0 aromatic heterocycles. The van der Waals surface area contributed by atoms with Crippen molar-refractivity contribution in [3.8, 4) is 0 Å². The van der Waals surface area contributed by atoms with Gasteiger partial charge in [-0.05, 0) is 36.6 Å². The molecular weight excluding hydrogens is 396 g/mol. The molecule has 3 rings (SSSR count). The minimum atomic E-state index is -0.827. The lowest BCUT2D eigenvalue weighted by Gasteiger charge is -2.34. The topological polar surface area (TPSA) is 61.6 Å². The van der Waals surface area contributed by atoms with E-state index in [2.05, 4.69) is 57.6 Å². The standard InChI is InChI=1S/C24H34N4O.ClH/c1-3-13-24(2,25)23(29)26-22-11-9-21(10-12-22)19-28-16-14-27(15-17-28)18-20-7-5-4-6-8-20;/h4-12H,3,13-19,25H2,1-2H3,(H,26,29);1H. The first-order valence-corrected chi connectivity index (χ1v) is 10.6. The fraction of sp³-hybridized carbons (Fsp3) is 0.458. The predicted octanol–water partition coefficient (Wildman–Crippen LogP) is 3.88. The van der Waals surface area contributed by atoms with Crippen LogP contribution >= 0.6 is 12.4 Å². The third-order valence-electron chi connectivity index (χ3n) is 5.62. The summed E-state index contributed by atoms with van der Waals surface area (Å²) in [6.45, 7) is 10.1. The quantitative estimate of drug-likeness (QED) is 0.667. The molecule has 1 amide bonds. The summed E-state index contributed by atoms with van der Waals surface area (Å²) >= 11 is 0. The van der Waals surface area contributed by atoms with E-state index in [0.717, 1.165) is 51.4 Å². The van der Waals surface area contributed by atoms with E-state index in [9.17, 15) is 4.79 Å². The Morgan fingerprint density at radius 2 is 1.43 bits per heavy atom. The lowest BCUT2D eigenvalue weighted by atomic mass is 9.96. The molecular formula is C24H35ClN4O. The lowest BCUT2D eigenvalue weighted by Crippen LogP contribution is -2.48. The number of amides is 1. The van der Waals surface area contributed by atoms with Crippen molar-refractivity contribution in [2.45, 2.75) is 45.3 Å². The minimum Gasteiger partial charge on any atom is -0.325 e. The summed E-state index contributed by atoms with van der Waals surface area (Å²) in [5.41, 5.74) is 8.74. The zero-order chi connectivity index (χ0) is 20.7. The highest BCUT2D eigenvalue weighted by Gasteiger charge is 2.27. The molecule has 5 nitrogen and oxygen atoms in total. The normalized spacial score (nSPS) is 17.0. The van der Waals surface area contributed by atoms with Crippen molar-refractivity contribution < 1.29 is 4.79 Å². The van der Waals surface area contributed by atoms with Crippen LogP contribution in [0.15, 0.2) is 54.6 Å². The van der Waals surface area contributed by atoms with Crippen molar-refractivity contribution in [1.29, 1.82) is 0 Å². The molecule has 6 heteroatoms. The number of nitrogens with two attached hydrogens (primary N) is 1. The van der Waals surface area contributed by atoms with Crippen LogP contribution in [0.1, 0.15) is 37.8 Å². The second-order valence-corrected chi connectivity index (χ2v) is 8.36. The molecule has 0 aliphatic carbocycles. The second-order valence-electron chi connectivity index (χ2n) is 8.36. The number of hydrogen-bond acceptors (Lipinski definition) is 4. The maximum absolute atomic E-state index is 12.3. The van der Waals surface area contributed by atoms with E-state index >= 15 is 0 Å². The van der Waals surface area contributed by atoms with Gasteiger partial charge in [-0.1, -0.05) is 55.8 Å². The Balaban J connectivity index is 0.00000320. The Bertz CT molecular complexity index is 772. The number of carbonyl (C=O) groups is 1. The van der Waals surface area contributed by atoms with Gasteiger partial charge < -0.3 is 11.1 Å². The highest BCUT2D eigenvalue weighted by molar-refractivity contribution is 5.97. The molecule has 164 valence electrons. The van der Waals surface area contributed by atoms with Crippen molar-refractivity contribution in [3.05, 3.63) is 65.7 Å². The third-order valence-corrected chi connectivity index (χ3v) is 5.62. The van der Waals surface area contributed by atoms with Gasteiger partial charge in [0, 0.05) is 45.0 Å². The maximum atomic E-state index is 12.3. The SMILES string of the molecule is CCCC(C)(N)C(=O)Nc1ccc(CN2CCN(Cc3ccccc3)CC2)cc1.Cl. The minimum absolute atomic E-state index is 0. The third kappa shape index (κ3) is 7.10. The second kappa shape index (κ2) is 11.5. The monoisotopic (exact) mass is 430 g/mol. The first kappa shape index (κ1) is 24.4. The number of hydrogen-bond donors (Lipinski definition) is 2. The molecule has 1 aliphatic rings. The largest absolute Gasteiger partial charge is 0.325 e. The highest BCUT2D eigenvalue weighted by atomic mass is 35.5. The summed E-state index contributed by atoms with van der Waals surface area (Å²) in [4.78, 5) is 17.4. The number of anilines is 1. The van der Waals surface area contributed by atoms with Gasteiger partial charge in [-0.2, -0.15) is 0 Å². The van der Waals surface area contributed by atoms with Crippen LogP contribution in [0.3, 0.4) is 0 Å². The van der Waals surface area contributed by atoms with Crippen LogP contribution < -0.4 is 11.1 Å². The number of rotatable bonds is 8. The first-order valence-electron chi connectivity index (χ1n) is 10.6. The Hall–Kier alpha value is -1.92. The van der Waals surface area contributed by atoms with Crippen molar-refractivity contribution in [2.75, 3.05) is 31.5 Å². The molecule has 1 saturated heterocycles. The van der Waals surface area contributed by atoms with Gasteiger partial charge in [0.2, 0.25) is 5.91 Å². The number of nitrogens with one attached hydrogen (secondary N) is 1. The number of piperazine rings is 1. The summed E-state index contributed by atoms with van der Waals surface area (Å²) < 4.78 is 0. The van der Waals surface area contributed by atoms with Crippen molar-refractivity contribution in [3.63, 3.8) is 0 Å². The van der Waals surface area contributed by atoms with Gasteiger partial charge >= 0.3 is 0 Å². The van der Waals surface area contributed by atoms with Gasteiger partial charge in [-0.25, -0.2) is 0 Å². The zero-order valence-electron chi connectivity index (χ0n) is 18.1. The Kier molecular flexibility index (Phi) is 9.31. The summed E-state index contributed by atoms with van der Waals surface area (Å²) in [6, 6.07) is 18.8. The summed E-state index contributed by atoms with van der Waals surface area (Å²) in [5, 5.41) is 2.94. The van der Waals surface area contributed by atoms with Gasteiger partial charge in [0.05, 0.1) is 5.54 Å².